The molecule has 6 nitrogen and oxygen atoms in total. The van der Waals surface area contributed by atoms with Crippen molar-refractivity contribution >= 4 is 0 Å². The van der Waals surface area contributed by atoms with Crippen molar-refractivity contribution in [2.45, 2.75) is 13.5 Å². The highest BCUT2D eigenvalue weighted by atomic mass is 16.5. The molecule has 0 bridgehead atoms. The van der Waals surface area contributed by atoms with Crippen LogP contribution in [0.3, 0.4) is 0 Å². The van der Waals surface area contributed by atoms with Crippen molar-refractivity contribution in [2.75, 3.05) is 0 Å². The van der Waals surface area contributed by atoms with Crippen LogP contribution in [0.1, 0.15) is 11.3 Å². The largest absolute Gasteiger partial charge is 0.469 e. The first kappa shape index (κ1) is 11.6. The predicted molar refractivity (Wildman–Crippen MR) is 67.9 cm³/mol. The van der Waals surface area contributed by atoms with Crippen LogP contribution in [0.15, 0.2) is 39.6 Å². The molecule has 0 radical (unpaired) electrons. The Morgan fingerprint density at radius 2 is 2.16 bits per heavy atom. The molecule has 0 saturated carbocycles. The fourth-order valence-electron chi connectivity index (χ4n) is 1.73. The first-order valence-electron chi connectivity index (χ1n) is 5.81. The third-order valence-corrected chi connectivity index (χ3v) is 2.81. The lowest BCUT2D eigenvalue weighted by molar-refractivity contribution is 0.430. The molecule has 0 fully saturated rings. The third-order valence-electron chi connectivity index (χ3n) is 2.81. The van der Waals surface area contributed by atoms with Crippen LogP contribution in [0, 0.1) is 6.92 Å². The molecule has 0 saturated heterocycles. The van der Waals surface area contributed by atoms with Crippen molar-refractivity contribution < 1.29 is 8.94 Å². The topological polar surface area (TPSA) is 91.0 Å². The molecule has 6 heteroatoms. The monoisotopic (exact) mass is 256 g/mol. The van der Waals surface area contributed by atoms with Gasteiger partial charge in [0.15, 0.2) is 0 Å². The fraction of sp³-hybridized carbons (Fsp3) is 0.154. The number of aromatic nitrogens is 3. The number of aryl methyl sites for hydroxylation is 1. The average Bonchev–Trinajstić information content (AvgIpc) is 3.07. The zero-order valence-electron chi connectivity index (χ0n) is 10.3. The Labute approximate surface area is 109 Å². The summed E-state index contributed by atoms with van der Waals surface area (Å²) in [6, 6.07) is 5.49. The highest BCUT2D eigenvalue weighted by Crippen LogP contribution is 2.24. The molecule has 0 aliphatic rings. The van der Waals surface area contributed by atoms with Crippen LogP contribution < -0.4 is 5.73 Å². The van der Waals surface area contributed by atoms with E-state index >= 15 is 0 Å². The molecular formula is C13H12N4O2. The second kappa shape index (κ2) is 4.66. The van der Waals surface area contributed by atoms with Crippen molar-refractivity contribution in [1.29, 1.82) is 0 Å². The summed E-state index contributed by atoms with van der Waals surface area (Å²) >= 11 is 0. The van der Waals surface area contributed by atoms with Crippen molar-refractivity contribution in [3.8, 4) is 23.0 Å². The number of hydrogen-bond acceptors (Lipinski definition) is 6. The second-order valence-corrected chi connectivity index (χ2v) is 4.07. The van der Waals surface area contributed by atoms with E-state index in [-0.39, 0.29) is 0 Å². The van der Waals surface area contributed by atoms with Crippen molar-refractivity contribution in [2.24, 2.45) is 5.73 Å². The number of hydrogen-bond donors (Lipinski definition) is 1. The van der Waals surface area contributed by atoms with Gasteiger partial charge in [-0.25, -0.2) is 0 Å². The highest BCUT2D eigenvalue weighted by molar-refractivity contribution is 5.59. The lowest BCUT2D eigenvalue weighted by atomic mass is 10.2. The minimum atomic E-state index is 0.374. The maximum Gasteiger partial charge on any atom is 0.276 e. The van der Waals surface area contributed by atoms with E-state index < -0.39 is 0 Å². The van der Waals surface area contributed by atoms with Crippen LogP contribution in [-0.4, -0.2) is 15.1 Å². The van der Waals surface area contributed by atoms with E-state index in [1.165, 1.54) is 0 Å². The lowest BCUT2D eigenvalue weighted by Crippen LogP contribution is -1.96. The Morgan fingerprint density at radius 3 is 2.79 bits per heavy atom. The van der Waals surface area contributed by atoms with E-state index in [0.29, 0.717) is 24.0 Å². The molecule has 0 atom stereocenters. The van der Waals surface area contributed by atoms with Crippen LogP contribution in [0.4, 0.5) is 0 Å². The second-order valence-electron chi connectivity index (χ2n) is 4.07. The maximum atomic E-state index is 5.52. The summed E-state index contributed by atoms with van der Waals surface area (Å²) < 4.78 is 10.4. The van der Waals surface area contributed by atoms with E-state index in [2.05, 4.69) is 15.1 Å². The summed E-state index contributed by atoms with van der Waals surface area (Å²) in [6.07, 6.45) is 3.29. The number of pyridine rings is 1. The van der Waals surface area contributed by atoms with Gasteiger partial charge in [0.1, 0.15) is 11.5 Å². The third kappa shape index (κ3) is 2.13. The van der Waals surface area contributed by atoms with Gasteiger partial charge in [0.05, 0.1) is 11.8 Å². The summed E-state index contributed by atoms with van der Waals surface area (Å²) in [4.78, 5) is 8.54. The van der Waals surface area contributed by atoms with E-state index in [1.807, 2.05) is 19.1 Å². The van der Waals surface area contributed by atoms with Crippen molar-refractivity contribution in [3.05, 3.63) is 42.0 Å². The van der Waals surface area contributed by atoms with Gasteiger partial charge in [0, 0.05) is 12.7 Å². The van der Waals surface area contributed by atoms with Gasteiger partial charge in [-0.2, -0.15) is 4.98 Å². The van der Waals surface area contributed by atoms with Crippen LogP contribution in [0.2, 0.25) is 0 Å². The molecule has 3 aromatic heterocycles. The average molecular weight is 256 g/mol. The zero-order valence-corrected chi connectivity index (χ0v) is 10.3. The fourth-order valence-corrected chi connectivity index (χ4v) is 1.73. The van der Waals surface area contributed by atoms with E-state index in [1.54, 1.807) is 18.5 Å². The molecule has 19 heavy (non-hydrogen) atoms. The molecule has 0 unspecified atom stereocenters. The van der Waals surface area contributed by atoms with Crippen molar-refractivity contribution in [3.63, 3.8) is 0 Å². The molecule has 0 spiro atoms. The molecule has 0 aromatic carbocycles. The van der Waals surface area contributed by atoms with Gasteiger partial charge in [-0.1, -0.05) is 11.2 Å². The first-order chi connectivity index (χ1) is 9.28. The summed E-state index contributed by atoms with van der Waals surface area (Å²) in [5.41, 5.74) is 7.91. The van der Waals surface area contributed by atoms with Gasteiger partial charge in [0.25, 0.3) is 5.89 Å². The number of nitrogens with two attached hydrogens (primary N) is 1. The number of furan rings is 1. The summed E-state index contributed by atoms with van der Waals surface area (Å²) in [6.45, 7) is 2.30. The normalized spacial score (nSPS) is 10.8. The van der Waals surface area contributed by atoms with E-state index in [9.17, 15) is 0 Å². The number of rotatable bonds is 3. The van der Waals surface area contributed by atoms with Crippen molar-refractivity contribution in [1.82, 2.24) is 15.1 Å². The molecule has 0 aliphatic heterocycles. The predicted octanol–water partition coefficient (Wildman–Crippen LogP) is 2.16. The van der Waals surface area contributed by atoms with Crippen LogP contribution in [0.5, 0.6) is 0 Å². The van der Waals surface area contributed by atoms with E-state index in [4.69, 9.17) is 14.7 Å². The molecule has 3 rings (SSSR count). The van der Waals surface area contributed by atoms with Crippen LogP contribution in [0.25, 0.3) is 23.0 Å². The van der Waals surface area contributed by atoms with Gasteiger partial charge in [-0.05, 0) is 24.6 Å². The summed E-state index contributed by atoms with van der Waals surface area (Å²) in [5, 5.41) is 3.93. The van der Waals surface area contributed by atoms with Crippen LogP contribution in [-0.2, 0) is 6.54 Å². The Kier molecular flexibility index (Phi) is 2.85. The standard InChI is InChI=1S/C13H12N4O2/c1-8-10(4-5-18-8)12-16-13(19-17-12)11-3-2-9(6-14)7-15-11/h2-5,7H,6,14H2,1H3. The van der Waals surface area contributed by atoms with E-state index in [0.717, 1.165) is 16.9 Å². The van der Waals surface area contributed by atoms with Gasteiger partial charge >= 0.3 is 0 Å². The SMILES string of the molecule is Cc1occc1-c1noc(-c2ccc(CN)cn2)n1. The highest BCUT2D eigenvalue weighted by Gasteiger charge is 2.14. The molecule has 0 aliphatic carbocycles. The Morgan fingerprint density at radius 1 is 1.26 bits per heavy atom. The quantitative estimate of drug-likeness (QED) is 0.772. The minimum Gasteiger partial charge on any atom is -0.469 e. The van der Waals surface area contributed by atoms with Crippen LogP contribution >= 0.6 is 0 Å². The van der Waals surface area contributed by atoms with Gasteiger partial charge in [-0.3, -0.25) is 4.98 Å². The molecule has 3 heterocycles. The smallest absolute Gasteiger partial charge is 0.276 e. The van der Waals surface area contributed by atoms with Gasteiger partial charge < -0.3 is 14.7 Å². The molecule has 2 N–H and O–H groups in total. The Bertz CT molecular complexity index is 685. The first-order valence-corrected chi connectivity index (χ1v) is 5.81. The summed E-state index contributed by atoms with van der Waals surface area (Å²) in [5.74, 6) is 1.61. The molecule has 0 amide bonds. The van der Waals surface area contributed by atoms with Gasteiger partial charge in [0.2, 0.25) is 5.82 Å². The molecule has 96 valence electrons. The number of nitrogens with zero attached hydrogens (tertiary/aromatic N) is 3. The molecule has 3 aromatic rings. The summed E-state index contributed by atoms with van der Waals surface area (Å²) in [7, 11) is 0. The zero-order chi connectivity index (χ0) is 13.2. The lowest BCUT2D eigenvalue weighted by Gasteiger charge is -1.96. The molecular weight excluding hydrogens is 244 g/mol. The maximum absolute atomic E-state index is 5.52. The van der Waals surface area contributed by atoms with Gasteiger partial charge in [-0.15, -0.1) is 0 Å². The Hall–Kier alpha value is -2.47. The minimum absolute atomic E-state index is 0.374. The Balaban J connectivity index is 1.94.